The molecular weight excluding hydrogens is 422 g/mol. The van der Waals surface area contributed by atoms with Gasteiger partial charge in [0.2, 0.25) is 0 Å². The highest BCUT2D eigenvalue weighted by Gasteiger charge is 2.24. The Labute approximate surface area is 172 Å². The van der Waals surface area contributed by atoms with Crippen LogP contribution in [-0.2, 0) is 4.79 Å². The Morgan fingerprint density at radius 2 is 1.86 bits per heavy atom. The number of carbonyl (C=O) groups is 1. The third-order valence-electron chi connectivity index (χ3n) is 3.55. The van der Waals surface area contributed by atoms with E-state index in [-0.39, 0.29) is 26.5 Å². The molecule has 1 amide bonds. The van der Waals surface area contributed by atoms with Gasteiger partial charge in [0, 0.05) is 23.8 Å². The number of rotatable bonds is 5. The van der Waals surface area contributed by atoms with Gasteiger partial charge in [0.1, 0.15) is 5.02 Å². The molecule has 1 fully saturated rings. The maximum Gasteiger partial charge on any atom is 0.288 e. The first-order chi connectivity index (χ1) is 13.8. The van der Waals surface area contributed by atoms with Crippen LogP contribution in [0, 0.1) is 20.2 Å². The van der Waals surface area contributed by atoms with Crippen molar-refractivity contribution >= 4 is 58.1 Å². The standard InChI is InChI=1S/C17H10ClN5O5S/c18-13-5-4-10(7-14(13)23(27)28)8-15-16(24)20-17(29-15)21-19-9-11-2-1-3-12(6-11)22(25)26/h1-9H,(H,20,21,24)/b15-8-,19-9+. The van der Waals surface area contributed by atoms with Crippen LogP contribution in [0.15, 0.2) is 57.6 Å². The van der Waals surface area contributed by atoms with E-state index in [0.29, 0.717) is 11.1 Å². The molecule has 0 spiro atoms. The Morgan fingerprint density at radius 1 is 1.07 bits per heavy atom. The molecule has 0 radical (unpaired) electrons. The summed E-state index contributed by atoms with van der Waals surface area (Å²) in [6.07, 6.45) is 2.78. The predicted molar refractivity (Wildman–Crippen MR) is 110 cm³/mol. The molecular formula is C17H10ClN5O5S. The van der Waals surface area contributed by atoms with Crippen molar-refractivity contribution in [3.05, 3.63) is 83.7 Å². The summed E-state index contributed by atoms with van der Waals surface area (Å²) >= 11 is 6.78. The molecule has 0 aromatic heterocycles. The van der Waals surface area contributed by atoms with Crippen molar-refractivity contribution < 1.29 is 14.6 Å². The molecule has 0 atom stereocenters. The number of carbonyl (C=O) groups excluding carboxylic acids is 1. The van der Waals surface area contributed by atoms with Crippen LogP contribution in [0.4, 0.5) is 11.4 Å². The minimum atomic E-state index is -0.609. The number of hydrogen-bond acceptors (Lipinski definition) is 8. The zero-order valence-corrected chi connectivity index (χ0v) is 15.9. The van der Waals surface area contributed by atoms with Gasteiger partial charge < -0.3 is 0 Å². The number of nitrogens with zero attached hydrogens (tertiary/aromatic N) is 4. The monoisotopic (exact) mass is 431 g/mol. The number of nitrogens with one attached hydrogen (secondary N) is 1. The molecule has 0 unspecified atom stereocenters. The third-order valence-corrected chi connectivity index (χ3v) is 4.77. The third kappa shape index (κ3) is 5.03. The second-order valence-corrected chi connectivity index (χ2v) is 6.97. The van der Waals surface area contributed by atoms with Crippen LogP contribution in [0.3, 0.4) is 0 Å². The average Bonchev–Trinajstić information content (AvgIpc) is 3.02. The summed E-state index contributed by atoms with van der Waals surface area (Å²) < 4.78 is 0. The molecule has 12 heteroatoms. The summed E-state index contributed by atoms with van der Waals surface area (Å²) in [5.41, 5.74) is 0.564. The molecule has 1 aliphatic rings. The first-order valence-corrected chi connectivity index (χ1v) is 9.03. The normalized spacial score (nSPS) is 16.5. The molecule has 0 aliphatic carbocycles. The van der Waals surface area contributed by atoms with Gasteiger partial charge in [-0.05, 0) is 29.5 Å². The van der Waals surface area contributed by atoms with Crippen molar-refractivity contribution in [3.8, 4) is 0 Å². The summed E-state index contributed by atoms with van der Waals surface area (Å²) in [7, 11) is 0. The molecule has 10 nitrogen and oxygen atoms in total. The Balaban J connectivity index is 1.75. The molecule has 1 N–H and O–H groups in total. The van der Waals surface area contributed by atoms with Gasteiger partial charge in [-0.3, -0.25) is 30.3 Å². The molecule has 0 bridgehead atoms. The Bertz CT molecular complexity index is 1120. The molecule has 29 heavy (non-hydrogen) atoms. The molecule has 146 valence electrons. The number of benzene rings is 2. The van der Waals surface area contributed by atoms with E-state index in [4.69, 9.17) is 11.6 Å². The summed E-state index contributed by atoms with van der Waals surface area (Å²) in [6.45, 7) is 0. The lowest BCUT2D eigenvalue weighted by atomic mass is 10.2. The van der Waals surface area contributed by atoms with E-state index < -0.39 is 15.8 Å². The quantitative estimate of drug-likeness (QED) is 0.331. The van der Waals surface area contributed by atoms with E-state index >= 15 is 0 Å². The lowest BCUT2D eigenvalue weighted by Crippen LogP contribution is -2.19. The van der Waals surface area contributed by atoms with Gasteiger partial charge in [0.05, 0.1) is 21.0 Å². The summed E-state index contributed by atoms with van der Waals surface area (Å²) in [5.74, 6) is -0.433. The first-order valence-electron chi connectivity index (χ1n) is 7.84. The summed E-state index contributed by atoms with van der Waals surface area (Å²) in [6, 6.07) is 10.0. The fraction of sp³-hybridized carbons (Fsp3) is 0. The zero-order chi connectivity index (χ0) is 21.0. The lowest BCUT2D eigenvalue weighted by molar-refractivity contribution is -0.385. The van der Waals surface area contributed by atoms with E-state index in [1.807, 2.05) is 0 Å². The molecule has 1 aliphatic heterocycles. The Kier molecular flexibility index (Phi) is 6.00. The number of thioether (sulfide) groups is 1. The number of hydrogen-bond donors (Lipinski definition) is 1. The van der Waals surface area contributed by atoms with E-state index in [1.165, 1.54) is 42.6 Å². The molecule has 2 aromatic carbocycles. The summed E-state index contributed by atoms with van der Waals surface area (Å²) in [4.78, 5) is 32.9. The zero-order valence-electron chi connectivity index (χ0n) is 14.3. The van der Waals surface area contributed by atoms with Gasteiger partial charge in [-0.15, -0.1) is 5.10 Å². The Morgan fingerprint density at radius 3 is 2.59 bits per heavy atom. The maximum atomic E-state index is 12.1. The van der Waals surface area contributed by atoms with Crippen molar-refractivity contribution in [2.75, 3.05) is 0 Å². The SMILES string of the molecule is O=C1N/C(=N\N=C\c2cccc([N+](=O)[O-])c2)S/C1=C\c1ccc(Cl)c([N+](=O)[O-])c1. The molecule has 1 saturated heterocycles. The number of halogens is 1. The van der Waals surface area contributed by atoms with E-state index in [0.717, 1.165) is 11.8 Å². The van der Waals surface area contributed by atoms with Crippen molar-refractivity contribution in [2.45, 2.75) is 0 Å². The number of amidine groups is 1. The van der Waals surface area contributed by atoms with Gasteiger partial charge in [0.25, 0.3) is 17.3 Å². The largest absolute Gasteiger partial charge is 0.299 e. The Hall–Kier alpha value is -3.57. The molecule has 3 rings (SSSR count). The highest BCUT2D eigenvalue weighted by molar-refractivity contribution is 8.18. The first kappa shape index (κ1) is 20.2. The van der Waals surface area contributed by atoms with Crippen molar-refractivity contribution in [3.63, 3.8) is 0 Å². The van der Waals surface area contributed by atoms with Crippen molar-refractivity contribution in [1.29, 1.82) is 0 Å². The minimum absolute atomic E-state index is 0.00147. The highest BCUT2D eigenvalue weighted by atomic mass is 35.5. The fourth-order valence-electron chi connectivity index (χ4n) is 2.25. The van der Waals surface area contributed by atoms with Crippen LogP contribution in [-0.4, -0.2) is 27.1 Å². The van der Waals surface area contributed by atoms with E-state index in [9.17, 15) is 25.0 Å². The second kappa shape index (κ2) is 8.63. The molecule has 1 heterocycles. The number of non-ortho nitro benzene ring substituents is 1. The van der Waals surface area contributed by atoms with E-state index in [1.54, 1.807) is 12.1 Å². The van der Waals surface area contributed by atoms with Gasteiger partial charge in [-0.1, -0.05) is 29.8 Å². The smallest absolute Gasteiger partial charge is 0.288 e. The number of nitro benzene ring substituents is 2. The topological polar surface area (TPSA) is 140 Å². The van der Waals surface area contributed by atoms with Gasteiger partial charge in [-0.2, -0.15) is 5.10 Å². The van der Waals surface area contributed by atoms with Crippen molar-refractivity contribution in [2.24, 2.45) is 10.2 Å². The molecule has 2 aromatic rings. The van der Waals surface area contributed by atoms with Crippen LogP contribution >= 0.6 is 23.4 Å². The van der Waals surface area contributed by atoms with Crippen LogP contribution < -0.4 is 5.32 Å². The highest BCUT2D eigenvalue weighted by Crippen LogP contribution is 2.30. The van der Waals surface area contributed by atoms with Gasteiger partial charge in [-0.25, -0.2) is 0 Å². The van der Waals surface area contributed by atoms with E-state index in [2.05, 4.69) is 15.5 Å². The van der Waals surface area contributed by atoms with Crippen molar-refractivity contribution in [1.82, 2.24) is 5.32 Å². The minimum Gasteiger partial charge on any atom is -0.299 e. The second-order valence-electron chi connectivity index (χ2n) is 5.53. The number of amides is 1. The van der Waals surface area contributed by atoms with Gasteiger partial charge in [0.15, 0.2) is 5.17 Å². The van der Waals surface area contributed by atoms with Crippen LogP contribution in [0.25, 0.3) is 6.08 Å². The van der Waals surface area contributed by atoms with Crippen LogP contribution in [0.5, 0.6) is 0 Å². The summed E-state index contributed by atoms with van der Waals surface area (Å²) in [5, 5.41) is 32.1. The van der Waals surface area contributed by atoms with Crippen LogP contribution in [0.2, 0.25) is 5.02 Å². The lowest BCUT2D eigenvalue weighted by Gasteiger charge is -1.98. The predicted octanol–water partition coefficient (Wildman–Crippen LogP) is 3.75. The fourth-order valence-corrected chi connectivity index (χ4v) is 3.22. The maximum absolute atomic E-state index is 12.1. The van der Waals surface area contributed by atoms with Crippen LogP contribution in [0.1, 0.15) is 11.1 Å². The molecule has 0 saturated carbocycles. The van der Waals surface area contributed by atoms with Gasteiger partial charge >= 0.3 is 0 Å². The number of nitro groups is 2. The average molecular weight is 432 g/mol.